The van der Waals surface area contributed by atoms with Gasteiger partial charge in [0, 0.05) is 12.1 Å². The number of aromatic nitrogens is 4. The summed E-state index contributed by atoms with van der Waals surface area (Å²) in [5, 5.41) is 7.04. The first kappa shape index (κ1) is 21.5. The zero-order chi connectivity index (χ0) is 22.5. The molecule has 0 saturated carbocycles. The molecule has 0 fully saturated rings. The zero-order valence-corrected chi connectivity index (χ0v) is 17.8. The minimum atomic E-state index is -4.85. The molecule has 6 nitrogen and oxygen atoms in total. The third-order valence-electron chi connectivity index (χ3n) is 4.50. The summed E-state index contributed by atoms with van der Waals surface area (Å²) in [7, 11) is 1.58. The average molecular weight is 489 g/mol. The van der Waals surface area contributed by atoms with E-state index in [0.29, 0.717) is 20.7 Å². The van der Waals surface area contributed by atoms with Gasteiger partial charge in [0.05, 0.1) is 38.5 Å². The first-order valence-corrected chi connectivity index (χ1v) is 9.73. The number of hydrogen-bond donors (Lipinski definition) is 1. The Hall–Kier alpha value is -2.75. The van der Waals surface area contributed by atoms with Gasteiger partial charge in [0.15, 0.2) is 5.69 Å². The van der Waals surface area contributed by atoms with Crippen LogP contribution in [0.3, 0.4) is 0 Å². The summed E-state index contributed by atoms with van der Waals surface area (Å²) in [6, 6.07) is 8.62. The van der Waals surface area contributed by atoms with Crippen molar-refractivity contribution in [2.45, 2.75) is 6.18 Å². The summed E-state index contributed by atoms with van der Waals surface area (Å²) in [6.45, 7) is 0. The van der Waals surface area contributed by atoms with Crippen LogP contribution in [0.1, 0.15) is 16.1 Å². The highest BCUT2D eigenvalue weighted by molar-refractivity contribution is 6.42. The van der Waals surface area contributed by atoms with E-state index >= 15 is 0 Å². The largest absolute Gasteiger partial charge is 0.434 e. The molecule has 31 heavy (non-hydrogen) atoms. The summed E-state index contributed by atoms with van der Waals surface area (Å²) >= 11 is 17.8. The molecule has 0 bridgehead atoms. The third kappa shape index (κ3) is 3.96. The van der Waals surface area contributed by atoms with Crippen LogP contribution in [0.2, 0.25) is 15.1 Å². The average Bonchev–Trinajstić information content (AvgIpc) is 3.26. The van der Waals surface area contributed by atoms with Crippen LogP contribution in [-0.4, -0.2) is 25.2 Å². The molecule has 0 aliphatic carbocycles. The Labute approximate surface area is 188 Å². The van der Waals surface area contributed by atoms with Crippen molar-refractivity contribution in [3.05, 3.63) is 68.9 Å². The number of amides is 1. The molecule has 1 amide bonds. The first-order chi connectivity index (χ1) is 14.6. The maximum atomic E-state index is 13.8. The van der Waals surface area contributed by atoms with Gasteiger partial charge in [0.2, 0.25) is 5.95 Å². The Morgan fingerprint density at radius 3 is 2.35 bits per heavy atom. The Bertz CT molecular complexity index is 1310. The van der Waals surface area contributed by atoms with Crippen molar-refractivity contribution >= 4 is 57.7 Å². The van der Waals surface area contributed by atoms with Gasteiger partial charge in [0.25, 0.3) is 5.91 Å². The van der Waals surface area contributed by atoms with E-state index in [2.05, 4.69) is 15.4 Å². The van der Waals surface area contributed by atoms with Crippen LogP contribution in [0.15, 0.2) is 42.6 Å². The number of benzene rings is 2. The number of rotatable bonds is 3. The first-order valence-electron chi connectivity index (χ1n) is 8.60. The van der Waals surface area contributed by atoms with Crippen molar-refractivity contribution in [3.8, 4) is 5.69 Å². The summed E-state index contributed by atoms with van der Waals surface area (Å²) < 4.78 is 43.6. The van der Waals surface area contributed by atoms with Gasteiger partial charge in [-0.1, -0.05) is 34.8 Å². The lowest BCUT2D eigenvalue weighted by Crippen LogP contribution is -2.21. The number of nitrogens with one attached hydrogen (secondary N) is 1. The standard InChI is InChI=1S/C19H11Cl3F3N5O/c1-29-15-7-13(22)12(21)6-14(15)27-18(29)28-17(31)11-8-26-30(16(11)19(23,24)25)10-4-2-9(20)3-5-10/h2-8H,1H3,(H,27,28,31). The fourth-order valence-electron chi connectivity index (χ4n) is 3.03. The normalized spacial score (nSPS) is 11.8. The van der Waals surface area contributed by atoms with Crippen molar-refractivity contribution in [2.75, 3.05) is 5.32 Å². The van der Waals surface area contributed by atoms with Crippen molar-refractivity contribution in [2.24, 2.45) is 7.05 Å². The number of carbonyl (C=O) groups is 1. The van der Waals surface area contributed by atoms with Crippen LogP contribution >= 0.6 is 34.8 Å². The number of carbonyl (C=O) groups excluding carboxylic acids is 1. The molecule has 0 atom stereocenters. The molecule has 4 aromatic rings. The van der Waals surface area contributed by atoms with Crippen LogP contribution in [-0.2, 0) is 13.2 Å². The van der Waals surface area contributed by atoms with Gasteiger partial charge in [-0.05, 0) is 36.4 Å². The lowest BCUT2D eigenvalue weighted by atomic mass is 10.2. The molecule has 1 N–H and O–H groups in total. The molecule has 0 saturated heterocycles. The van der Waals surface area contributed by atoms with Gasteiger partial charge < -0.3 is 4.57 Å². The molecule has 160 valence electrons. The number of nitrogens with zero attached hydrogens (tertiary/aromatic N) is 4. The number of aryl methyl sites for hydroxylation is 1. The molecule has 0 aliphatic heterocycles. The molecule has 0 unspecified atom stereocenters. The summed E-state index contributed by atoms with van der Waals surface area (Å²) in [5.41, 5.74) is -0.830. The molecule has 12 heteroatoms. The van der Waals surface area contributed by atoms with Gasteiger partial charge in [-0.15, -0.1) is 0 Å². The predicted molar refractivity (Wildman–Crippen MR) is 112 cm³/mol. The maximum absolute atomic E-state index is 13.8. The topological polar surface area (TPSA) is 64.7 Å². The van der Waals surface area contributed by atoms with Gasteiger partial charge in [-0.25, -0.2) is 9.67 Å². The van der Waals surface area contributed by atoms with Crippen LogP contribution in [0.5, 0.6) is 0 Å². The minimum Gasteiger partial charge on any atom is -0.313 e. The number of imidazole rings is 1. The summed E-state index contributed by atoms with van der Waals surface area (Å²) in [4.78, 5) is 17.0. The Morgan fingerprint density at radius 2 is 1.71 bits per heavy atom. The van der Waals surface area contributed by atoms with Crippen molar-refractivity contribution < 1.29 is 18.0 Å². The number of hydrogen-bond acceptors (Lipinski definition) is 3. The molecular formula is C19H11Cl3F3N5O. The second-order valence-corrected chi connectivity index (χ2v) is 7.75. The lowest BCUT2D eigenvalue weighted by molar-refractivity contribution is -0.143. The molecule has 2 aromatic carbocycles. The Kier molecular flexibility index (Phi) is 5.36. The van der Waals surface area contributed by atoms with E-state index in [9.17, 15) is 18.0 Å². The van der Waals surface area contributed by atoms with Crippen LogP contribution in [0, 0.1) is 0 Å². The highest BCUT2D eigenvalue weighted by Gasteiger charge is 2.40. The van der Waals surface area contributed by atoms with E-state index in [1.165, 1.54) is 34.9 Å². The number of anilines is 1. The molecule has 2 heterocycles. The SMILES string of the molecule is Cn1c(NC(=O)c2cnn(-c3ccc(Cl)cc3)c2C(F)(F)F)nc2cc(Cl)c(Cl)cc21. The molecule has 0 radical (unpaired) electrons. The Balaban J connectivity index is 1.75. The number of alkyl halides is 3. The van der Waals surface area contributed by atoms with Crippen LogP contribution < -0.4 is 5.32 Å². The second-order valence-electron chi connectivity index (χ2n) is 6.50. The number of halogens is 6. The van der Waals surface area contributed by atoms with Gasteiger partial charge in [-0.2, -0.15) is 18.3 Å². The maximum Gasteiger partial charge on any atom is 0.434 e. The van der Waals surface area contributed by atoms with E-state index in [1.54, 1.807) is 13.1 Å². The highest BCUT2D eigenvalue weighted by Crippen LogP contribution is 2.34. The monoisotopic (exact) mass is 487 g/mol. The third-order valence-corrected chi connectivity index (χ3v) is 5.48. The number of fused-ring (bicyclic) bond motifs is 1. The fraction of sp³-hybridized carbons (Fsp3) is 0.105. The summed E-state index contributed by atoms with van der Waals surface area (Å²) in [5.74, 6) is -1.01. The zero-order valence-electron chi connectivity index (χ0n) is 15.5. The quantitative estimate of drug-likeness (QED) is 0.385. The van der Waals surface area contributed by atoms with E-state index in [4.69, 9.17) is 34.8 Å². The Morgan fingerprint density at radius 1 is 1.06 bits per heavy atom. The lowest BCUT2D eigenvalue weighted by Gasteiger charge is -2.13. The van der Waals surface area contributed by atoms with Crippen LogP contribution in [0.25, 0.3) is 16.7 Å². The van der Waals surface area contributed by atoms with Gasteiger partial charge >= 0.3 is 6.18 Å². The van der Waals surface area contributed by atoms with Crippen LogP contribution in [0.4, 0.5) is 19.1 Å². The van der Waals surface area contributed by atoms with Gasteiger partial charge in [0.1, 0.15) is 0 Å². The second kappa shape index (κ2) is 7.74. The molecular weight excluding hydrogens is 478 g/mol. The van der Waals surface area contributed by atoms with Gasteiger partial charge in [-0.3, -0.25) is 10.1 Å². The summed E-state index contributed by atoms with van der Waals surface area (Å²) in [6.07, 6.45) is -4.00. The molecule has 0 spiro atoms. The highest BCUT2D eigenvalue weighted by atomic mass is 35.5. The molecule has 0 aliphatic rings. The molecule has 2 aromatic heterocycles. The predicted octanol–water partition coefficient (Wildman–Crippen LogP) is 5.99. The van der Waals surface area contributed by atoms with Crippen molar-refractivity contribution in [1.82, 2.24) is 19.3 Å². The van der Waals surface area contributed by atoms with Crippen molar-refractivity contribution in [1.29, 1.82) is 0 Å². The smallest absolute Gasteiger partial charge is 0.313 e. The fourth-order valence-corrected chi connectivity index (χ4v) is 3.48. The van der Waals surface area contributed by atoms with E-state index < -0.39 is 23.3 Å². The van der Waals surface area contributed by atoms with E-state index in [0.717, 1.165) is 6.20 Å². The van der Waals surface area contributed by atoms with E-state index in [-0.39, 0.29) is 21.7 Å². The minimum absolute atomic E-state index is 0.0192. The van der Waals surface area contributed by atoms with E-state index in [1.807, 2.05) is 0 Å². The van der Waals surface area contributed by atoms with Crippen molar-refractivity contribution in [3.63, 3.8) is 0 Å². The molecule has 4 rings (SSSR count).